The van der Waals surface area contributed by atoms with Crippen LogP contribution in [-0.4, -0.2) is 12.9 Å². The zero-order valence-corrected chi connectivity index (χ0v) is 17.0. The highest BCUT2D eigenvalue weighted by atomic mass is 32.1. The minimum Gasteiger partial charge on any atom is -0.496 e. The second-order valence-electron chi connectivity index (χ2n) is 7.43. The number of ether oxygens (including phenoxy) is 1. The van der Waals surface area contributed by atoms with E-state index < -0.39 is 0 Å². The van der Waals surface area contributed by atoms with E-state index >= 15 is 0 Å². The number of allylic oxidation sites excluding steroid dienone is 1. The van der Waals surface area contributed by atoms with E-state index in [0.29, 0.717) is 6.42 Å². The number of rotatable bonds is 3. The molecule has 3 aromatic rings. The van der Waals surface area contributed by atoms with Crippen LogP contribution in [0.3, 0.4) is 0 Å². The van der Waals surface area contributed by atoms with Gasteiger partial charge in [-0.05, 0) is 36.1 Å². The summed E-state index contributed by atoms with van der Waals surface area (Å²) < 4.78 is 5.63. The van der Waals surface area contributed by atoms with Gasteiger partial charge in [0.15, 0.2) is 5.78 Å². The van der Waals surface area contributed by atoms with Crippen LogP contribution in [0.5, 0.6) is 5.75 Å². The predicted molar refractivity (Wildman–Crippen MR) is 118 cm³/mol. The highest BCUT2D eigenvalue weighted by Gasteiger charge is 2.37. The Bertz CT molecular complexity index is 1090. The SMILES string of the molecule is COc1ccccc1[C@@H]1Nc2ccccc2NC2=C1C(=O)C[C@@H](c1cccs1)C2. The quantitative estimate of drug-likeness (QED) is 0.587. The summed E-state index contributed by atoms with van der Waals surface area (Å²) in [6.07, 6.45) is 1.36. The predicted octanol–water partition coefficient (Wildman–Crippen LogP) is 5.74. The number of anilines is 2. The summed E-state index contributed by atoms with van der Waals surface area (Å²) in [4.78, 5) is 14.7. The lowest BCUT2D eigenvalue weighted by molar-refractivity contribution is -0.116. The van der Waals surface area contributed by atoms with Crippen molar-refractivity contribution in [3.05, 3.63) is 87.8 Å². The number of hydrogen-bond acceptors (Lipinski definition) is 5. The molecule has 0 unspecified atom stereocenters. The number of carbonyl (C=O) groups excluding carboxylic acids is 1. The van der Waals surface area contributed by atoms with Crippen molar-refractivity contribution < 1.29 is 9.53 Å². The lowest BCUT2D eigenvalue weighted by atomic mass is 9.80. The molecule has 1 aliphatic heterocycles. The monoisotopic (exact) mass is 402 g/mol. The molecule has 0 saturated carbocycles. The van der Waals surface area contributed by atoms with Crippen molar-refractivity contribution in [3.8, 4) is 5.75 Å². The number of hydrogen-bond donors (Lipinski definition) is 2. The molecule has 1 aliphatic carbocycles. The third-order valence-corrected chi connectivity index (χ3v) is 6.74. The second kappa shape index (κ2) is 7.41. The first-order valence-electron chi connectivity index (χ1n) is 9.79. The lowest BCUT2D eigenvalue weighted by Crippen LogP contribution is -2.26. The van der Waals surface area contributed by atoms with E-state index in [9.17, 15) is 4.79 Å². The van der Waals surface area contributed by atoms with Gasteiger partial charge in [0.1, 0.15) is 5.75 Å². The number of nitrogens with one attached hydrogen (secondary N) is 2. The van der Waals surface area contributed by atoms with Crippen molar-refractivity contribution in [1.82, 2.24) is 0 Å². The lowest BCUT2D eigenvalue weighted by Gasteiger charge is -2.29. The molecule has 1 aromatic heterocycles. The summed E-state index contributed by atoms with van der Waals surface area (Å²) >= 11 is 1.73. The van der Waals surface area contributed by atoms with E-state index in [1.54, 1.807) is 18.4 Å². The van der Waals surface area contributed by atoms with E-state index in [0.717, 1.165) is 40.4 Å². The molecular weight excluding hydrogens is 380 g/mol. The fourth-order valence-corrected chi connectivity index (χ4v) is 5.19. The van der Waals surface area contributed by atoms with Gasteiger partial charge in [-0.15, -0.1) is 11.3 Å². The van der Waals surface area contributed by atoms with Crippen LogP contribution in [-0.2, 0) is 4.79 Å². The van der Waals surface area contributed by atoms with Gasteiger partial charge in [0, 0.05) is 34.0 Å². The van der Waals surface area contributed by atoms with Crippen molar-refractivity contribution in [2.45, 2.75) is 24.8 Å². The van der Waals surface area contributed by atoms with E-state index in [1.807, 2.05) is 42.5 Å². The van der Waals surface area contributed by atoms with E-state index in [4.69, 9.17) is 4.74 Å². The molecule has 0 radical (unpaired) electrons. The van der Waals surface area contributed by atoms with Gasteiger partial charge in [-0.25, -0.2) is 0 Å². The number of methoxy groups -OCH3 is 1. The first kappa shape index (κ1) is 18.0. The van der Waals surface area contributed by atoms with Crippen LogP contribution in [0.15, 0.2) is 77.3 Å². The summed E-state index contributed by atoms with van der Waals surface area (Å²) in [7, 11) is 1.67. The van der Waals surface area contributed by atoms with Gasteiger partial charge < -0.3 is 15.4 Å². The summed E-state index contributed by atoms with van der Waals surface area (Å²) in [6.45, 7) is 0. The Labute approximate surface area is 174 Å². The zero-order valence-electron chi connectivity index (χ0n) is 16.1. The first-order chi connectivity index (χ1) is 14.2. The molecule has 0 fully saturated rings. The second-order valence-corrected chi connectivity index (χ2v) is 8.41. The summed E-state index contributed by atoms with van der Waals surface area (Å²) in [5.41, 5.74) is 4.78. The van der Waals surface area contributed by atoms with Gasteiger partial charge in [-0.1, -0.05) is 36.4 Å². The Balaban J connectivity index is 1.65. The number of thiophene rings is 1. The molecule has 0 bridgehead atoms. The van der Waals surface area contributed by atoms with Crippen LogP contribution in [0.25, 0.3) is 0 Å². The Morgan fingerprint density at radius 1 is 0.966 bits per heavy atom. The topological polar surface area (TPSA) is 50.4 Å². The zero-order chi connectivity index (χ0) is 19.8. The van der Waals surface area contributed by atoms with Crippen molar-refractivity contribution >= 4 is 28.5 Å². The Hall–Kier alpha value is -3.05. The molecule has 29 heavy (non-hydrogen) atoms. The molecular formula is C24H22N2O2S. The molecule has 5 rings (SSSR count). The maximum atomic E-state index is 13.4. The van der Waals surface area contributed by atoms with Crippen molar-refractivity contribution in [1.29, 1.82) is 0 Å². The Morgan fingerprint density at radius 2 is 1.76 bits per heavy atom. The molecule has 2 heterocycles. The number of para-hydroxylation sites is 3. The molecule has 2 atom stereocenters. The number of Topliss-reactive ketones (excluding diaryl/α,β-unsaturated/α-hetero) is 1. The van der Waals surface area contributed by atoms with Gasteiger partial charge in [0.05, 0.1) is 24.5 Å². The third-order valence-electron chi connectivity index (χ3n) is 5.70. The number of ketones is 1. The van der Waals surface area contributed by atoms with Crippen LogP contribution in [0.4, 0.5) is 11.4 Å². The molecule has 2 aromatic carbocycles. The Morgan fingerprint density at radius 3 is 2.55 bits per heavy atom. The standard InChI is InChI=1S/C24H22N2O2S/c1-28-21-10-5-2-7-16(21)24-23-19(25-17-8-3-4-9-18(17)26-24)13-15(14-20(23)27)22-11-6-12-29-22/h2-12,15,24-26H,13-14H2,1H3/t15-,24-/m0/s1. The maximum absolute atomic E-state index is 13.4. The fourth-order valence-electron chi connectivity index (χ4n) is 4.36. The van der Waals surface area contributed by atoms with Crippen LogP contribution in [0.2, 0.25) is 0 Å². The summed E-state index contributed by atoms with van der Waals surface area (Å²) in [5, 5.41) is 9.27. The fraction of sp³-hybridized carbons (Fsp3) is 0.208. The normalized spacial score (nSPS) is 20.8. The van der Waals surface area contributed by atoms with Gasteiger partial charge in [0.2, 0.25) is 0 Å². The van der Waals surface area contributed by atoms with Gasteiger partial charge in [0.25, 0.3) is 0 Å². The van der Waals surface area contributed by atoms with E-state index in [1.165, 1.54) is 4.88 Å². The van der Waals surface area contributed by atoms with Crippen LogP contribution in [0.1, 0.15) is 35.2 Å². The molecule has 0 saturated heterocycles. The van der Waals surface area contributed by atoms with Crippen LogP contribution < -0.4 is 15.4 Å². The van der Waals surface area contributed by atoms with E-state index in [2.05, 4.69) is 34.2 Å². The third kappa shape index (κ3) is 3.21. The minimum absolute atomic E-state index is 0.188. The first-order valence-corrected chi connectivity index (χ1v) is 10.7. The highest BCUT2D eigenvalue weighted by molar-refractivity contribution is 7.10. The van der Waals surface area contributed by atoms with Crippen LogP contribution >= 0.6 is 11.3 Å². The average molecular weight is 403 g/mol. The van der Waals surface area contributed by atoms with Gasteiger partial charge in [-0.2, -0.15) is 0 Å². The number of fused-ring (bicyclic) bond motifs is 1. The molecule has 4 nitrogen and oxygen atoms in total. The molecule has 0 amide bonds. The molecule has 2 N–H and O–H groups in total. The molecule has 146 valence electrons. The highest BCUT2D eigenvalue weighted by Crippen LogP contribution is 2.46. The van der Waals surface area contributed by atoms with E-state index in [-0.39, 0.29) is 17.7 Å². The number of benzene rings is 2. The van der Waals surface area contributed by atoms with Gasteiger partial charge >= 0.3 is 0 Å². The van der Waals surface area contributed by atoms with Crippen LogP contribution in [0, 0.1) is 0 Å². The molecule has 5 heteroatoms. The molecule has 2 aliphatic rings. The smallest absolute Gasteiger partial charge is 0.163 e. The minimum atomic E-state index is -0.255. The largest absolute Gasteiger partial charge is 0.496 e. The summed E-state index contributed by atoms with van der Waals surface area (Å²) in [6, 6.07) is 20.0. The van der Waals surface area contributed by atoms with Crippen molar-refractivity contribution in [2.24, 2.45) is 0 Å². The summed E-state index contributed by atoms with van der Waals surface area (Å²) in [5.74, 6) is 1.19. The maximum Gasteiger partial charge on any atom is 0.163 e. The van der Waals surface area contributed by atoms with Crippen molar-refractivity contribution in [3.63, 3.8) is 0 Å². The average Bonchev–Trinajstić information content (AvgIpc) is 3.23. The number of carbonyl (C=O) groups is 1. The van der Waals surface area contributed by atoms with Crippen molar-refractivity contribution in [2.75, 3.05) is 17.7 Å². The Kier molecular flexibility index (Phi) is 4.60. The molecule has 0 spiro atoms. The van der Waals surface area contributed by atoms with Gasteiger partial charge in [-0.3, -0.25) is 4.79 Å².